The Labute approximate surface area is 202 Å². The number of rotatable bonds is 9. The highest BCUT2D eigenvalue weighted by atomic mass is 28.3. The maximum Gasteiger partial charge on any atom is 0.159 e. The van der Waals surface area contributed by atoms with Gasteiger partial charge < -0.3 is 4.74 Å². The molecule has 0 N–H and O–H groups in total. The summed E-state index contributed by atoms with van der Waals surface area (Å²) in [5.74, 6) is -1.38. The van der Waals surface area contributed by atoms with Crippen LogP contribution in [0.25, 0.3) is 22.3 Å². The summed E-state index contributed by atoms with van der Waals surface area (Å²) in [6.07, 6.45) is 6.31. The lowest BCUT2D eigenvalue weighted by molar-refractivity contribution is 0.199. The fraction of sp³-hybridized carbons (Fsp3) is 0.379. The minimum atomic E-state index is -0.935. The molecule has 0 saturated carbocycles. The van der Waals surface area contributed by atoms with Crippen LogP contribution in [-0.2, 0) is 11.2 Å². The van der Waals surface area contributed by atoms with E-state index in [1.165, 1.54) is 61.5 Å². The summed E-state index contributed by atoms with van der Waals surface area (Å²) in [5, 5.41) is 0. The molecule has 0 amide bonds. The third-order valence-electron chi connectivity index (χ3n) is 7.26. The molecule has 1 nitrogen and oxygen atoms in total. The largest absolute Gasteiger partial charge is 0.385 e. The molecule has 0 atom stereocenters. The Hall–Kier alpha value is -2.37. The quantitative estimate of drug-likeness (QED) is 0.221. The van der Waals surface area contributed by atoms with Crippen LogP contribution < -0.4 is 0 Å². The van der Waals surface area contributed by atoms with E-state index in [-0.39, 0.29) is 5.82 Å². The molecular weight excluding hydrogens is 449 g/mol. The first kappa shape index (κ1) is 24.7. The van der Waals surface area contributed by atoms with Crippen molar-refractivity contribution in [2.75, 3.05) is 13.7 Å². The van der Waals surface area contributed by atoms with E-state index >= 15 is 0 Å². The van der Waals surface area contributed by atoms with Gasteiger partial charge in [0, 0.05) is 28.1 Å². The van der Waals surface area contributed by atoms with Gasteiger partial charge >= 0.3 is 0 Å². The van der Waals surface area contributed by atoms with E-state index in [1.54, 1.807) is 19.2 Å². The predicted octanol–water partition coefficient (Wildman–Crippen LogP) is 8.04. The Morgan fingerprint density at radius 2 is 1.44 bits per heavy atom. The monoisotopic (exact) mass is 482 g/mol. The van der Waals surface area contributed by atoms with Crippen LogP contribution in [0.4, 0.5) is 13.2 Å². The zero-order chi connectivity index (χ0) is 23.9. The van der Waals surface area contributed by atoms with Gasteiger partial charge in [-0.05, 0) is 65.6 Å². The minimum absolute atomic E-state index is 0.374. The molecule has 1 saturated heterocycles. The average Bonchev–Trinajstić information content (AvgIpc) is 2.86. The summed E-state index contributed by atoms with van der Waals surface area (Å²) in [6.45, 7) is 0.908. The molecule has 3 aromatic carbocycles. The maximum atomic E-state index is 14.9. The van der Waals surface area contributed by atoms with Crippen molar-refractivity contribution in [2.24, 2.45) is 5.92 Å². The Kier molecular flexibility index (Phi) is 8.62. The van der Waals surface area contributed by atoms with Crippen molar-refractivity contribution in [1.82, 2.24) is 0 Å². The van der Waals surface area contributed by atoms with Gasteiger partial charge in [0.25, 0.3) is 0 Å². The molecule has 1 aliphatic heterocycles. The summed E-state index contributed by atoms with van der Waals surface area (Å²) < 4.78 is 46.8. The van der Waals surface area contributed by atoms with Crippen molar-refractivity contribution in [3.63, 3.8) is 0 Å². The zero-order valence-electron chi connectivity index (χ0n) is 19.8. The van der Waals surface area contributed by atoms with E-state index in [9.17, 15) is 13.2 Å². The predicted molar refractivity (Wildman–Crippen MR) is 136 cm³/mol. The normalized spacial score (nSPS) is 18.2. The molecule has 0 aromatic heterocycles. The number of hydrogen-bond donors (Lipinski definition) is 0. The molecule has 0 spiro atoms. The highest BCUT2D eigenvalue weighted by Crippen LogP contribution is 2.32. The molecule has 1 heterocycles. The number of ether oxygens (including phenoxy) is 1. The Morgan fingerprint density at radius 3 is 2.09 bits per heavy atom. The first-order chi connectivity index (χ1) is 16.5. The summed E-state index contributed by atoms with van der Waals surface area (Å²) in [4.78, 5) is 0. The second-order valence-electron chi connectivity index (χ2n) is 9.58. The smallest absolute Gasteiger partial charge is 0.159 e. The topological polar surface area (TPSA) is 9.23 Å². The van der Waals surface area contributed by atoms with Crippen molar-refractivity contribution in [2.45, 2.75) is 50.2 Å². The molecule has 4 rings (SSSR count). The highest BCUT2D eigenvalue weighted by Gasteiger charge is 2.21. The average molecular weight is 483 g/mol. The van der Waals surface area contributed by atoms with Gasteiger partial charge in [0.15, 0.2) is 11.6 Å². The van der Waals surface area contributed by atoms with E-state index in [2.05, 4.69) is 12.1 Å². The summed E-state index contributed by atoms with van der Waals surface area (Å²) >= 11 is 0. The third-order valence-corrected chi connectivity index (χ3v) is 10.8. The summed E-state index contributed by atoms with van der Waals surface area (Å²) in [7, 11) is 1.27. The van der Waals surface area contributed by atoms with Gasteiger partial charge in [-0.3, -0.25) is 0 Å². The van der Waals surface area contributed by atoms with Crippen LogP contribution in [0.3, 0.4) is 0 Å². The van der Waals surface area contributed by atoms with E-state index < -0.39 is 20.4 Å². The number of aryl methyl sites for hydroxylation is 1. The van der Waals surface area contributed by atoms with Crippen LogP contribution in [0.1, 0.15) is 31.2 Å². The summed E-state index contributed by atoms with van der Waals surface area (Å²) in [5.41, 5.74) is 3.59. The fourth-order valence-corrected chi connectivity index (χ4v) is 8.65. The van der Waals surface area contributed by atoms with Crippen LogP contribution >= 0.6 is 0 Å². The van der Waals surface area contributed by atoms with Crippen molar-refractivity contribution >= 4 is 8.80 Å². The van der Waals surface area contributed by atoms with Crippen LogP contribution in [0.5, 0.6) is 0 Å². The molecular formula is C29H33F3OSi. The Morgan fingerprint density at radius 1 is 0.794 bits per heavy atom. The molecule has 5 heteroatoms. The third kappa shape index (κ3) is 6.39. The molecule has 180 valence electrons. The fourth-order valence-electron chi connectivity index (χ4n) is 5.15. The SMILES string of the molecule is COCCC[Si@H]1CC[C@H](CCc2ccc(-c3ccc(-c4ccc(F)c(F)c4)cc3F)cc2)CC1. The lowest BCUT2D eigenvalue weighted by atomic mass is 9.93. The van der Waals surface area contributed by atoms with Gasteiger partial charge in [0.05, 0.1) is 0 Å². The number of methoxy groups -OCH3 is 1. The molecule has 1 fully saturated rings. The van der Waals surface area contributed by atoms with Crippen LogP contribution in [-0.4, -0.2) is 22.5 Å². The molecule has 0 aliphatic carbocycles. The van der Waals surface area contributed by atoms with Gasteiger partial charge in [-0.2, -0.15) is 0 Å². The molecule has 0 bridgehead atoms. The van der Waals surface area contributed by atoms with Gasteiger partial charge in [0.2, 0.25) is 0 Å². The van der Waals surface area contributed by atoms with E-state index in [1.807, 2.05) is 12.1 Å². The lowest BCUT2D eigenvalue weighted by Gasteiger charge is -2.27. The summed E-state index contributed by atoms with van der Waals surface area (Å²) in [6, 6.07) is 21.0. The molecule has 3 aromatic rings. The van der Waals surface area contributed by atoms with E-state index in [0.29, 0.717) is 16.7 Å². The van der Waals surface area contributed by atoms with Crippen molar-refractivity contribution < 1.29 is 17.9 Å². The standard InChI is InChI=1S/C29H33F3OSi/c1-33-15-2-16-34-17-13-22(14-18-34)4-3-21-5-7-23(8-6-21)26-11-9-24(19-28(26)31)25-10-12-27(30)29(32)20-25/h5-12,19-20,22,34H,2-4,13-18H2,1H3/t22-,34-. The van der Waals surface area contributed by atoms with Gasteiger partial charge in [0.1, 0.15) is 5.82 Å². The number of halogens is 3. The number of benzene rings is 3. The van der Waals surface area contributed by atoms with Crippen molar-refractivity contribution in [3.05, 3.63) is 83.7 Å². The molecule has 0 radical (unpaired) electrons. The van der Waals surface area contributed by atoms with Crippen molar-refractivity contribution in [3.8, 4) is 22.3 Å². The lowest BCUT2D eigenvalue weighted by Crippen LogP contribution is -2.22. The van der Waals surface area contributed by atoms with E-state index in [0.717, 1.165) is 36.6 Å². The minimum Gasteiger partial charge on any atom is -0.385 e. The Bertz CT molecular complexity index is 1080. The van der Waals surface area contributed by atoms with Gasteiger partial charge in [-0.15, -0.1) is 0 Å². The Balaban J connectivity index is 1.32. The van der Waals surface area contributed by atoms with Gasteiger partial charge in [-0.25, -0.2) is 13.2 Å². The second-order valence-corrected chi connectivity index (χ2v) is 13.0. The molecule has 0 unspecified atom stereocenters. The maximum absolute atomic E-state index is 14.9. The van der Waals surface area contributed by atoms with Crippen LogP contribution in [0.15, 0.2) is 60.7 Å². The van der Waals surface area contributed by atoms with Crippen molar-refractivity contribution in [1.29, 1.82) is 0 Å². The van der Waals surface area contributed by atoms with Crippen LogP contribution in [0, 0.1) is 23.4 Å². The van der Waals surface area contributed by atoms with Crippen LogP contribution in [0.2, 0.25) is 18.1 Å². The highest BCUT2D eigenvalue weighted by molar-refractivity contribution is 6.58. The van der Waals surface area contributed by atoms with E-state index in [4.69, 9.17) is 4.74 Å². The first-order valence-electron chi connectivity index (χ1n) is 12.4. The van der Waals surface area contributed by atoms with Gasteiger partial charge in [-0.1, -0.05) is 73.4 Å². The number of hydrogen-bond acceptors (Lipinski definition) is 1. The second kappa shape index (κ2) is 11.9. The molecule has 34 heavy (non-hydrogen) atoms. The molecule has 1 aliphatic rings. The first-order valence-corrected chi connectivity index (χ1v) is 14.8. The zero-order valence-corrected chi connectivity index (χ0v) is 21.0.